The lowest BCUT2D eigenvalue weighted by molar-refractivity contribution is -0.109. The highest BCUT2D eigenvalue weighted by Crippen LogP contribution is 2.05. The average molecular weight is 231 g/mol. The first kappa shape index (κ1) is 12.9. The molecule has 0 aliphatic rings. The highest BCUT2D eigenvalue weighted by molar-refractivity contribution is 6.55. The van der Waals surface area contributed by atoms with E-state index in [9.17, 15) is 9.59 Å². The van der Waals surface area contributed by atoms with Gasteiger partial charge in [-0.05, 0) is 12.2 Å². The third-order valence-electron chi connectivity index (χ3n) is 1.12. The fourth-order valence-corrected chi connectivity index (χ4v) is 0.675. The van der Waals surface area contributed by atoms with E-state index in [-0.39, 0.29) is 10.1 Å². The molecule has 0 bridgehead atoms. The molecule has 74 valence electrons. The van der Waals surface area contributed by atoms with Crippen molar-refractivity contribution in [1.82, 2.24) is 0 Å². The first-order valence-electron chi connectivity index (χ1n) is 3.67. The molecule has 0 aromatic heterocycles. The largest absolute Gasteiger partial charge is 0.298 e. The lowest BCUT2D eigenvalue weighted by Gasteiger charge is -1.79. The molecule has 0 saturated heterocycles. The van der Waals surface area contributed by atoms with Gasteiger partial charge in [0.25, 0.3) is 0 Å². The topological polar surface area (TPSA) is 34.1 Å². The van der Waals surface area contributed by atoms with Crippen LogP contribution in [-0.2, 0) is 9.59 Å². The quantitative estimate of drug-likeness (QED) is 0.239. The Kier molecular flexibility index (Phi) is 7.80. The van der Waals surface area contributed by atoms with Gasteiger partial charge in [-0.2, -0.15) is 0 Å². The van der Waals surface area contributed by atoms with Crippen LogP contribution in [-0.4, -0.2) is 12.6 Å². The van der Waals surface area contributed by atoms with Crippen molar-refractivity contribution in [2.45, 2.75) is 0 Å². The molecule has 14 heavy (non-hydrogen) atoms. The van der Waals surface area contributed by atoms with Gasteiger partial charge in [-0.25, -0.2) is 0 Å². The molecule has 4 heteroatoms. The number of hydrogen-bond acceptors (Lipinski definition) is 2. The van der Waals surface area contributed by atoms with E-state index in [2.05, 4.69) is 0 Å². The summed E-state index contributed by atoms with van der Waals surface area (Å²) >= 11 is 10.7. The van der Waals surface area contributed by atoms with E-state index < -0.39 is 0 Å². The molecule has 0 aliphatic carbocycles. The van der Waals surface area contributed by atoms with Crippen LogP contribution < -0.4 is 0 Å². The molecule has 0 aromatic rings. The van der Waals surface area contributed by atoms with E-state index in [0.29, 0.717) is 12.6 Å². The Labute approximate surface area is 92.2 Å². The van der Waals surface area contributed by atoms with Crippen molar-refractivity contribution in [2.75, 3.05) is 0 Å². The minimum Gasteiger partial charge on any atom is -0.298 e. The normalized spacial score (nSPS) is 10.1. The van der Waals surface area contributed by atoms with Gasteiger partial charge in [0.1, 0.15) is 4.49 Å². The van der Waals surface area contributed by atoms with Crippen LogP contribution >= 0.6 is 23.2 Å². The van der Waals surface area contributed by atoms with Crippen LogP contribution in [0.25, 0.3) is 0 Å². The minimum absolute atomic E-state index is 0.0839. The summed E-state index contributed by atoms with van der Waals surface area (Å²) in [6.45, 7) is 0. The van der Waals surface area contributed by atoms with Crippen LogP contribution in [0.3, 0.4) is 0 Å². The molecule has 0 aromatic carbocycles. The molecule has 0 amide bonds. The first-order chi connectivity index (χ1) is 6.70. The molecule has 0 radical (unpaired) electrons. The summed E-state index contributed by atoms with van der Waals surface area (Å²) in [6.07, 6.45) is 10.3. The Morgan fingerprint density at radius 3 is 1.71 bits per heavy atom. The second-order valence-corrected chi connectivity index (χ2v) is 3.14. The van der Waals surface area contributed by atoms with Crippen LogP contribution in [0.15, 0.2) is 46.5 Å². The summed E-state index contributed by atoms with van der Waals surface area (Å²) < 4.78 is 0.159. The molecule has 0 N–H and O–H groups in total. The summed E-state index contributed by atoms with van der Waals surface area (Å²) in [5.74, 6) is 0. The summed E-state index contributed by atoms with van der Waals surface area (Å²) in [6, 6.07) is 0. The average Bonchev–Trinajstić information content (AvgIpc) is 2.16. The van der Waals surface area contributed by atoms with Gasteiger partial charge in [0.05, 0.1) is 5.57 Å². The number of carbonyl (C=O) groups is 2. The Balaban J connectivity index is 4.13. The predicted molar refractivity (Wildman–Crippen MR) is 58.3 cm³/mol. The van der Waals surface area contributed by atoms with Gasteiger partial charge in [0, 0.05) is 0 Å². The van der Waals surface area contributed by atoms with Gasteiger partial charge in [-0.3, -0.25) is 9.59 Å². The standard InChI is InChI=1S/C10H8Cl2O2/c11-10(12)6-4-2-1-3-5-9(7-13)8-14/h1-8H/b3-1+,4-2+. The van der Waals surface area contributed by atoms with Crippen molar-refractivity contribution in [3.05, 3.63) is 46.5 Å². The Bertz CT molecular complexity index is 298. The molecule has 0 rings (SSSR count). The molecule has 0 heterocycles. The number of allylic oxidation sites excluding steroid dienone is 7. The Morgan fingerprint density at radius 1 is 0.786 bits per heavy atom. The molecular weight excluding hydrogens is 223 g/mol. The molecule has 2 nitrogen and oxygen atoms in total. The predicted octanol–water partition coefficient (Wildman–Crippen LogP) is 2.74. The van der Waals surface area contributed by atoms with Crippen molar-refractivity contribution < 1.29 is 9.59 Å². The van der Waals surface area contributed by atoms with E-state index in [1.165, 1.54) is 12.2 Å². The van der Waals surface area contributed by atoms with Crippen LogP contribution in [0.4, 0.5) is 0 Å². The third-order valence-corrected chi connectivity index (χ3v) is 1.37. The molecule has 0 aliphatic heterocycles. The highest BCUT2D eigenvalue weighted by atomic mass is 35.5. The van der Waals surface area contributed by atoms with Gasteiger partial charge >= 0.3 is 0 Å². The van der Waals surface area contributed by atoms with E-state index in [1.807, 2.05) is 0 Å². The molecule has 0 spiro atoms. The lowest BCUT2D eigenvalue weighted by atomic mass is 10.3. The van der Waals surface area contributed by atoms with E-state index >= 15 is 0 Å². The van der Waals surface area contributed by atoms with Crippen molar-refractivity contribution in [3.63, 3.8) is 0 Å². The maximum absolute atomic E-state index is 10.1. The lowest BCUT2D eigenvalue weighted by Crippen LogP contribution is -1.82. The minimum atomic E-state index is 0.0839. The zero-order valence-corrected chi connectivity index (χ0v) is 8.70. The molecular formula is C10H8Cl2O2. The van der Waals surface area contributed by atoms with Crippen molar-refractivity contribution >= 4 is 35.8 Å². The highest BCUT2D eigenvalue weighted by Gasteiger charge is 1.85. The zero-order valence-electron chi connectivity index (χ0n) is 7.19. The molecule has 0 saturated carbocycles. The molecule has 0 atom stereocenters. The van der Waals surface area contributed by atoms with Crippen molar-refractivity contribution in [2.24, 2.45) is 0 Å². The fourth-order valence-electron chi connectivity index (χ4n) is 0.530. The number of hydrogen-bond donors (Lipinski definition) is 0. The van der Waals surface area contributed by atoms with Gasteiger partial charge in [-0.15, -0.1) is 0 Å². The second-order valence-electron chi connectivity index (χ2n) is 2.13. The number of aldehydes is 2. The van der Waals surface area contributed by atoms with E-state index in [1.54, 1.807) is 24.3 Å². The van der Waals surface area contributed by atoms with Crippen molar-refractivity contribution in [3.8, 4) is 0 Å². The summed E-state index contributed by atoms with van der Waals surface area (Å²) in [4.78, 5) is 20.3. The van der Waals surface area contributed by atoms with Gasteiger partial charge < -0.3 is 0 Å². The molecule has 0 unspecified atom stereocenters. The number of carbonyl (C=O) groups excluding carboxylic acids is 2. The third kappa shape index (κ3) is 7.53. The number of rotatable bonds is 5. The maximum atomic E-state index is 10.1. The summed E-state index contributed by atoms with van der Waals surface area (Å²) in [5, 5.41) is 0. The van der Waals surface area contributed by atoms with Gasteiger partial charge in [0.15, 0.2) is 12.6 Å². The summed E-state index contributed by atoms with van der Waals surface area (Å²) in [7, 11) is 0. The zero-order chi connectivity index (χ0) is 10.8. The Hall–Kier alpha value is -1.12. The first-order valence-corrected chi connectivity index (χ1v) is 4.43. The van der Waals surface area contributed by atoms with Gasteiger partial charge in [0.2, 0.25) is 0 Å². The fraction of sp³-hybridized carbons (Fsp3) is 0. The Morgan fingerprint density at radius 2 is 1.29 bits per heavy atom. The smallest absolute Gasteiger partial charge is 0.153 e. The monoisotopic (exact) mass is 230 g/mol. The second kappa shape index (κ2) is 8.48. The number of halogens is 2. The van der Waals surface area contributed by atoms with Crippen LogP contribution in [0.2, 0.25) is 0 Å². The van der Waals surface area contributed by atoms with E-state index in [4.69, 9.17) is 23.2 Å². The SMILES string of the molecule is O=CC(C=O)=C/C=C/C=C/C=C(Cl)Cl. The maximum Gasteiger partial charge on any atom is 0.153 e. The van der Waals surface area contributed by atoms with Gasteiger partial charge in [-0.1, -0.05) is 47.5 Å². The van der Waals surface area contributed by atoms with E-state index in [0.717, 1.165) is 0 Å². The summed E-state index contributed by atoms with van der Waals surface area (Å²) in [5.41, 5.74) is 0.0839. The van der Waals surface area contributed by atoms with Crippen molar-refractivity contribution in [1.29, 1.82) is 0 Å². The molecule has 0 fully saturated rings. The van der Waals surface area contributed by atoms with Crippen LogP contribution in [0, 0.1) is 0 Å². The van der Waals surface area contributed by atoms with Crippen LogP contribution in [0.5, 0.6) is 0 Å². The van der Waals surface area contributed by atoms with Crippen LogP contribution in [0.1, 0.15) is 0 Å².